The molecule has 206 valence electrons. The molecule has 5 aliphatic heterocycles. The number of nitrogens with zero attached hydrogens (tertiary/aromatic N) is 4. The van der Waals surface area contributed by atoms with E-state index in [2.05, 4.69) is 73.3 Å². The van der Waals surface area contributed by atoms with E-state index < -0.39 is 15.5 Å². The molecule has 8 heterocycles. The Hall–Kier alpha value is -4.95. The summed E-state index contributed by atoms with van der Waals surface area (Å²) in [7, 11) is -3.80. The number of anilines is 3. The molecule has 0 amide bonds. The first-order valence-corrected chi connectivity index (χ1v) is 17.6. The molecule has 0 radical (unpaired) electrons. The molecule has 3 aromatic heterocycles. The molecular weight excluding hydrogens is 635 g/mol. The summed E-state index contributed by atoms with van der Waals surface area (Å²) in [6.45, 7) is 0. The Morgan fingerprint density at radius 2 is 1.36 bits per heavy atom. The average molecular weight is 654 g/mol. The fraction of sp³-hybridized carbons (Fsp3) is 0.0286. The first-order valence-electron chi connectivity index (χ1n) is 14.4. The van der Waals surface area contributed by atoms with Crippen molar-refractivity contribution in [2.75, 3.05) is 4.90 Å². The van der Waals surface area contributed by atoms with E-state index in [0.717, 1.165) is 39.6 Å². The quantitative estimate of drug-likeness (QED) is 0.184. The van der Waals surface area contributed by atoms with Gasteiger partial charge >= 0.3 is 258 Å². The standard InChI is InChI=1S/C35H18N4O3SSe/c40-43(41)25-11-2-1-8-21(25)38-22-9-4-10-23-29(22)35(36-17-5-12-26(43)33(36)38)30-24(42-23)16-15-20-19-7-3-13-27-31(19)39(32(20)30)34-28(44-27)14-6-18-37(34)35/h1-18H/q+2. The third-order valence-corrected chi connectivity index (χ3v) is 14.0. The molecule has 0 bridgehead atoms. The van der Waals surface area contributed by atoms with Crippen LogP contribution in [0.5, 0.6) is 11.5 Å². The van der Waals surface area contributed by atoms with Crippen LogP contribution in [-0.4, -0.2) is 27.9 Å². The minimum atomic E-state index is -3.80. The zero-order chi connectivity index (χ0) is 28.7. The molecular formula is C35H18N4O3SSe+2. The minimum absolute atomic E-state index is 0.0937. The summed E-state index contributed by atoms with van der Waals surface area (Å²) in [4.78, 5) is 2.72. The second kappa shape index (κ2) is 6.89. The molecule has 7 aromatic rings. The van der Waals surface area contributed by atoms with Crippen molar-refractivity contribution in [1.29, 1.82) is 0 Å². The topological polar surface area (TPSA) is 59.3 Å². The van der Waals surface area contributed by atoms with E-state index in [1.807, 2.05) is 36.5 Å². The maximum atomic E-state index is 14.3. The van der Waals surface area contributed by atoms with E-state index in [9.17, 15) is 8.42 Å². The Balaban J connectivity index is 1.39. The summed E-state index contributed by atoms with van der Waals surface area (Å²) in [5, 5.41) is 2.41. The number of para-hydroxylation sites is 2. The number of hydrogen-bond acceptors (Lipinski definition) is 4. The molecule has 4 aromatic carbocycles. The molecule has 44 heavy (non-hydrogen) atoms. The van der Waals surface area contributed by atoms with Gasteiger partial charge in [-0.3, -0.25) is 0 Å². The monoisotopic (exact) mass is 654 g/mol. The van der Waals surface area contributed by atoms with Gasteiger partial charge in [0.25, 0.3) is 0 Å². The van der Waals surface area contributed by atoms with Crippen molar-refractivity contribution in [1.82, 2.24) is 4.57 Å². The zero-order valence-corrected chi connectivity index (χ0v) is 25.3. The van der Waals surface area contributed by atoms with Gasteiger partial charge in [-0.1, -0.05) is 0 Å². The van der Waals surface area contributed by atoms with Crippen molar-refractivity contribution < 1.29 is 22.3 Å². The van der Waals surface area contributed by atoms with Gasteiger partial charge in [-0.15, -0.1) is 0 Å². The molecule has 1 atom stereocenters. The molecule has 1 spiro atoms. The fourth-order valence-electron chi connectivity index (χ4n) is 8.48. The molecule has 0 fully saturated rings. The van der Waals surface area contributed by atoms with Crippen LogP contribution in [-0.2, 0) is 15.5 Å². The van der Waals surface area contributed by atoms with Crippen LogP contribution in [0.2, 0.25) is 0 Å². The van der Waals surface area contributed by atoms with Gasteiger partial charge in [-0.25, -0.2) is 0 Å². The third kappa shape index (κ3) is 2.11. The van der Waals surface area contributed by atoms with Gasteiger partial charge in [-0.2, -0.15) is 0 Å². The van der Waals surface area contributed by atoms with Crippen molar-refractivity contribution in [3.8, 4) is 17.3 Å². The van der Waals surface area contributed by atoms with Gasteiger partial charge in [0, 0.05) is 0 Å². The normalized spacial score (nSPS) is 19.4. The fourth-order valence-corrected chi connectivity index (χ4v) is 12.4. The van der Waals surface area contributed by atoms with Gasteiger partial charge in [0.05, 0.1) is 0 Å². The van der Waals surface area contributed by atoms with E-state index in [-0.39, 0.29) is 15.0 Å². The molecule has 7 nitrogen and oxygen atoms in total. The zero-order valence-electron chi connectivity index (χ0n) is 22.7. The number of hydrogen-bond donors (Lipinski definition) is 0. The van der Waals surface area contributed by atoms with Crippen LogP contribution in [0.15, 0.2) is 119 Å². The van der Waals surface area contributed by atoms with Gasteiger partial charge in [-0.05, 0) is 0 Å². The summed E-state index contributed by atoms with van der Waals surface area (Å²) in [6, 6.07) is 32.4. The number of fused-ring (bicyclic) bond motifs is 4. The SMILES string of the molecule is O=S1(=O)c2ccccc2N2c3cccc4c3C3(c5c(ccc6c7cccc8c7n(c56)-c5c(ccc[n+]53)[Se]8)O4)[n+]3cccc1c32. The molecule has 0 N–H and O–H groups in total. The summed E-state index contributed by atoms with van der Waals surface area (Å²) in [5.41, 5.74) is 5.01. The van der Waals surface area contributed by atoms with Crippen LogP contribution in [0.3, 0.4) is 0 Å². The molecule has 0 aliphatic carbocycles. The maximum absolute atomic E-state index is 14.3. The number of pyridine rings is 2. The summed E-state index contributed by atoms with van der Waals surface area (Å²) >= 11 is 0.0937. The number of rotatable bonds is 0. The van der Waals surface area contributed by atoms with E-state index in [1.54, 1.807) is 18.2 Å². The van der Waals surface area contributed by atoms with Crippen molar-refractivity contribution >= 4 is 72.7 Å². The molecule has 5 aliphatic rings. The summed E-state index contributed by atoms with van der Waals surface area (Å²) < 4.78 is 45.2. The number of aromatic nitrogens is 3. The van der Waals surface area contributed by atoms with E-state index in [4.69, 9.17) is 4.74 Å². The van der Waals surface area contributed by atoms with Crippen molar-refractivity contribution in [2.24, 2.45) is 0 Å². The molecule has 9 heteroatoms. The van der Waals surface area contributed by atoms with Gasteiger partial charge in [0.15, 0.2) is 0 Å². The van der Waals surface area contributed by atoms with E-state index in [0.29, 0.717) is 21.3 Å². The molecule has 0 saturated heterocycles. The Morgan fingerprint density at radius 3 is 2.30 bits per heavy atom. The predicted octanol–water partition coefficient (Wildman–Crippen LogP) is 3.97. The van der Waals surface area contributed by atoms with Crippen LogP contribution in [0.25, 0.3) is 27.6 Å². The second-order valence-electron chi connectivity index (χ2n) is 11.8. The van der Waals surface area contributed by atoms with Crippen LogP contribution < -0.4 is 27.7 Å². The van der Waals surface area contributed by atoms with E-state index in [1.165, 1.54) is 25.2 Å². The molecule has 12 rings (SSSR count). The van der Waals surface area contributed by atoms with Crippen LogP contribution in [0.1, 0.15) is 11.1 Å². The van der Waals surface area contributed by atoms with Gasteiger partial charge in [0.1, 0.15) is 0 Å². The third-order valence-electron chi connectivity index (χ3n) is 9.93. The van der Waals surface area contributed by atoms with E-state index >= 15 is 0 Å². The molecule has 1 unspecified atom stereocenters. The molecule has 0 saturated carbocycles. The number of sulfone groups is 1. The van der Waals surface area contributed by atoms with Gasteiger partial charge in [0.2, 0.25) is 0 Å². The van der Waals surface area contributed by atoms with Crippen LogP contribution in [0, 0.1) is 0 Å². The number of ether oxygens (including phenoxy) is 1. The first kappa shape index (κ1) is 22.6. The summed E-state index contributed by atoms with van der Waals surface area (Å²) in [6.07, 6.45) is 4.21. The van der Waals surface area contributed by atoms with Crippen molar-refractivity contribution in [2.45, 2.75) is 15.5 Å². The first-order chi connectivity index (χ1) is 21.6. The second-order valence-corrected chi connectivity index (χ2v) is 15.9. The van der Waals surface area contributed by atoms with Crippen molar-refractivity contribution in [3.05, 3.63) is 121 Å². The Labute approximate surface area is 256 Å². The Kier molecular flexibility index (Phi) is 3.54. The van der Waals surface area contributed by atoms with Gasteiger partial charge < -0.3 is 0 Å². The van der Waals surface area contributed by atoms with Crippen LogP contribution in [0.4, 0.5) is 17.2 Å². The Bertz CT molecular complexity index is 2720. The Morgan fingerprint density at radius 1 is 0.636 bits per heavy atom. The number of benzene rings is 4. The van der Waals surface area contributed by atoms with Crippen molar-refractivity contribution in [3.63, 3.8) is 0 Å². The predicted molar refractivity (Wildman–Crippen MR) is 164 cm³/mol. The van der Waals surface area contributed by atoms with Crippen LogP contribution >= 0.6 is 0 Å². The summed E-state index contributed by atoms with van der Waals surface area (Å²) in [5.74, 6) is 3.31. The average Bonchev–Trinajstić information content (AvgIpc) is 3.40.